The Morgan fingerprint density at radius 3 is 2.59 bits per heavy atom. The Morgan fingerprint density at radius 2 is 1.96 bits per heavy atom. The molecule has 0 radical (unpaired) electrons. The first-order valence-corrected chi connectivity index (χ1v) is 11.1. The van der Waals surface area contributed by atoms with E-state index in [1.54, 1.807) is 11.8 Å². The lowest BCUT2D eigenvalue weighted by molar-refractivity contribution is -0.130. The van der Waals surface area contributed by atoms with Gasteiger partial charge in [0.1, 0.15) is 5.37 Å². The first kappa shape index (κ1) is 20.0. The van der Waals surface area contributed by atoms with Crippen LogP contribution in [-0.2, 0) is 4.79 Å². The molecular formula is C21H26N2O2S2. The maximum Gasteiger partial charge on any atom is 0.264 e. The van der Waals surface area contributed by atoms with Gasteiger partial charge in [-0.05, 0) is 50.3 Å². The molecule has 2 atom stereocenters. The standard InChI is InChI=1S/C21H26N2O2S2/c1-14(2)22(20(25)18-10-7-13-26-18)11-12-23-19(24)16(4)27-21(23)17-9-6-5-8-15(17)3/h5-10,13-14,16,21H,11-12H2,1-4H3. The first-order valence-electron chi connectivity index (χ1n) is 9.26. The van der Waals surface area contributed by atoms with Crippen molar-refractivity contribution in [2.45, 2.75) is 44.4 Å². The van der Waals surface area contributed by atoms with Crippen LogP contribution in [0.1, 0.15) is 46.9 Å². The maximum atomic E-state index is 12.8. The molecule has 1 aromatic carbocycles. The van der Waals surface area contributed by atoms with E-state index in [4.69, 9.17) is 0 Å². The second-order valence-electron chi connectivity index (χ2n) is 7.09. The fourth-order valence-corrected chi connectivity index (χ4v) is 5.44. The van der Waals surface area contributed by atoms with Gasteiger partial charge in [0.05, 0.1) is 10.1 Å². The Hall–Kier alpha value is -1.79. The van der Waals surface area contributed by atoms with E-state index in [1.165, 1.54) is 22.5 Å². The number of rotatable bonds is 6. The number of carbonyl (C=O) groups is 2. The third-order valence-corrected chi connectivity index (χ3v) is 7.13. The minimum absolute atomic E-state index is 0.0135. The molecular weight excluding hydrogens is 376 g/mol. The number of thioether (sulfide) groups is 1. The minimum atomic E-state index is -0.0601. The molecule has 2 heterocycles. The Kier molecular flexibility index (Phi) is 6.27. The van der Waals surface area contributed by atoms with E-state index in [-0.39, 0.29) is 28.5 Å². The van der Waals surface area contributed by atoms with E-state index in [9.17, 15) is 9.59 Å². The number of aryl methyl sites for hydroxylation is 1. The van der Waals surface area contributed by atoms with E-state index < -0.39 is 0 Å². The van der Waals surface area contributed by atoms with E-state index in [1.807, 2.05) is 60.2 Å². The van der Waals surface area contributed by atoms with Gasteiger partial charge in [0.25, 0.3) is 5.91 Å². The molecule has 1 aliphatic heterocycles. The van der Waals surface area contributed by atoms with Gasteiger partial charge in [-0.15, -0.1) is 23.1 Å². The summed E-state index contributed by atoms with van der Waals surface area (Å²) < 4.78 is 0. The molecule has 27 heavy (non-hydrogen) atoms. The molecule has 6 heteroatoms. The van der Waals surface area contributed by atoms with Crippen LogP contribution in [-0.4, -0.2) is 46.0 Å². The molecule has 0 N–H and O–H groups in total. The van der Waals surface area contributed by atoms with Crippen molar-refractivity contribution in [1.82, 2.24) is 9.80 Å². The van der Waals surface area contributed by atoms with Gasteiger partial charge in [0.2, 0.25) is 5.91 Å². The van der Waals surface area contributed by atoms with Gasteiger partial charge in [-0.2, -0.15) is 0 Å². The van der Waals surface area contributed by atoms with Gasteiger partial charge in [0, 0.05) is 19.1 Å². The van der Waals surface area contributed by atoms with Crippen LogP contribution in [0.3, 0.4) is 0 Å². The smallest absolute Gasteiger partial charge is 0.264 e. The fourth-order valence-electron chi connectivity index (χ4n) is 3.36. The molecule has 2 unspecified atom stereocenters. The third-order valence-electron chi connectivity index (χ3n) is 4.90. The highest BCUT2D eigenvalue weighted by atomic mass is 32.2. The van der Waals surface area contributed by atoms with Crippen LogP contribution < -0.4 is 0 Å². The van der Waals surface area contributed by atoms with Crippen LogP contribution in [0.5, 0.6) is 0 Å². The average molecular weight is 403 g/mol. The number of thiophene rings is 1. The quantitative estimate of drug-likeness (QED) is 0.711. The van der Waals surface area contributed by atoms with E-state index in [0.29, 0.717) is 13.1 Å². The summed E-state index contributed by atoms with van der Waals surface area (Å²) in [5, 5.41) is 1.87. The number of amides is 2. The molecule has 0 spiro atoms. The topological polar surface area (TPSA) is 40.6 Å². The molecule has 2 amide bonds. The molecule has 144 valence electrons. The summed E-state index contributed by atoms with van der Waals surface area (Å²) in [6, 6.07) is 12.1. The lowest BCUT2D eigenvalue weighted by atomic mass is 10.1. The molecule has 0 bridgehead atoms. The SMILES string of the molecule is Cc1ccccc1C1SC(C)C(=O)N1CCN(C(=O)c1cccs1)C(C)C. The molecule has 0 aliphatic carbocycles. The zero-order valence-corrected chi connectivity index (χ0v) is 17.8. The zero-order valence-electron chi connectivity index (χ0n) is 16.2. The van der Waals surface area contributed by atoms with Gasteiger partial charge < -0.3 is 9.80 Å². The number of hydrogen-bond acceptors (Lipinski definition) is 4. The minimum Gasteiger partial charge on any atom is -0.334 e. The van der Waals surface area contributed by atoms with Gasteiger partial charge in [-0.25, -0.2) is 0 Å². The number of hydrogen-bond donors (Lipinski definition) is 0. The summed E-state index contributed by atoms with van der Waals surface area (Å²) in [4.78, 5) is 30.2. The molecule has 1 fully saturated rings. The van der Waals surface area contributed by atoms with Crippen LogP contribution in [0.2, 0.25) is 0 Å². The molecule has 4 nitrogen and oxygen atoms in total. The van der Waals surface area contributed by atoms with Crippen LogP contribution in [0, 0.1) is 6.92 Å². The Bertz CT molecular complexity index is 804. The molecule has 1 aliphatic rings. The zero-order chi connectivity index (χ0) is 19.6. The first-order chi connectivity index (χ1) is 12.9. The maximum absolute atomic E-state index is 12.8. The highest BCUT2D eigenvalue weighted by Gasteiger charge is 2.39. The summed E-state index contributed by atoms with van der Waals surface area (Å²) in [6.07, 6.45) is 0. The largest absolute Gasteiger partial charge is 0.334 e. The number of benzene rings is 1. The summed E-state index contributed by atoms with van der Waals surface area (Å²) in [6.45, 7) is 9.18. The molecule has 2 aromatic rings. The van der Waals surface area contributed by atoms with Gasteiger partial charge in [-0.1, -0.05) is 30.3 Å². The van der Waals surface area contributed by atoms with Gasteiger partial charge in [-0.3, -0.25) is 9.59 Å². The molecule has 1 aromatic heterocycles. The Balaban J connectivity index is 1.78. The van der Waals surface area contributed by atoms with Crippen LogP contribution in [0.15, 0.2) is 41.8 Å². The average Bonchev–Trinajstić information content (AvgIpc) is 3.26. The van der Waals surface area contributed by atoms with E-state index in [0.717, 1.165) is 4.88 Å². The second-order valence-corrected chi connectivity index (χ2v) is 9.46. The van der Waals surface area contributed by atoms with Gasteiger partial charge in [0.15, 0.2) is 0 Å². The van der Waals surface area contributed by atoms with E-state index in [2.05, 4.69) is 19.1 Å². The second kappa shape index (κ2) is 8.48. The third kappa shape index (κ3) is 4.22. The van der Waals surface area contributed by atoms with Crippen molar-refractivity contribution >= 4 is 34.9 Å². The predicted molar refractivity (Wildman–Crippen MR) is 113 cm³/mol. The predicted octanol–water partition coefficient (Wildman–Crippen LogP) is 4.57. The Morgan fingerprint density at radius 1 is 1.22 bits per heavy atom. The van der Waals surface area contributed by atoms with Crippen molar-refractivity contribution < 1.29 is 9.59 Å². The lowest BCUT2D eigenvalue weighted by Crippen LogP contribution is -2.43. The van der Waals surface area contributed by atoms with Crippen LogP contribution >= 0.6 is 23.1 Å². The van der Waals surface area contributed by atoms with Crippen molar-refractivity contribution in [2.24, 2.45) is 0 Å². The lowest BCUT2D eigenvalue weighted by Gasteiger charge is -2.31. The van der Waals surface area contributed by atoms with Gasteiger partial charge >= 0.3 is 0 Å². The van der Waals surface area contributed by atoms with E-state index >= 15 is 0 Å². The number of nitrogens with zero attached hydrogens (tertiary/aromatic N) is 2. The fraction of sp³-hybridized carbons (Fsp3) is 0.429. The van der Waals surface area contributed by atoms with Crippen molar-refractivity contribution in [2.75, 3.05) is 13.1 Å². The summed E-state index contributed by atoms with van der Waals surface area (Å²) >= 11 is 3.15. The molecule has 0 saturated carbocycles. The normalized spacial score (nSPS) is 19.7. The highest BCUT2D eigenvalue weighted by Crippen LogP contribution is 2.43. The van der Waals surface area contributed by atoms with Crippen molar-refractivity contribution in [3.05, 3.63) is 57.8 Å². The Labute approximate surface area is 169 Å². The molecule has 3 rings (SSSR count). The highest BCUT2D eigenvalue weighted by molar-refractivity contribution is 8.01. The van der Waals surface area contributed by atoms with Crippen molar-refractivity contribution in [1.29, 1.82) is 0 Å². The number of carbonyl (C=O) groups excluding carboxylic acids is 2. The summed E-state index contributed by atoms with van der Waals surface area (Å²) in [7, 11) is 0. The van der Waals surface area contributed by atoms with Crippen LogP contribution in [0.4, 0.5) is 0 Å². The van der Waals surface area contributed by atoms with Crippen molar-refractivity contribution in [3.8, 4) is 0 Å². The van der Waals surface area contributed by atoms with Crippen molar-refractivity contribution in [3.63, 3.8) is 0 Å². The summed E-state index contributed by atoms with van der Waals surface area (Å²) in [5.74, 6) is 0.195. The van der Waals surface area contributed by atoms with Crippen LogP contribution in [0.25, 0.3) is 0 Å². The summed E-state index contributed by atoms with van der Waals surface area (Å²) in [5.41, 5.74) is 2.37. The monoisotopic (exact) mass is 402 g/mol. The molecule has 1 saturated heterocycles.